The molecule has 1 fully saturated rings. The van der Waals surface area contributed by atoms with Gasteiger partial charge in [-0.05, 0) is 39.7 Å². The molecule has 2 aromatic rings. The molecule has 0 radical (unpaired) electrons. The summed E-state index contributed by atoms with van der Waals surface area (Å²) in [5, 5.41) is 11.6. The number of amides is 1. The molecule has 1 N–H and O–H groups in total. The van der Waals surface area contributed by atoms with Gasteiger partial charge in [-0.25, -0.2) is 0 Å². The summed E-state index contributed by atoms with van der Waals surface area (Å²) >= 11 is 0. The molecule has 1 saturated heterocycles. The molecule has 1 atom stereocenters. The summed E-state index contributed by atoms with van der Waals surface area (Å²) in [6.45, 7) is 6.81. The van der Waals surface area contributed by atoms with E-state index in [9.17, 15) is 4.79 Å². The van der Waals surface area contributed by atoms with Gasteiger partial charge in [-0.15, -0.1) is 0 Å². The summed E-state index contributed by atoms with van der Waals surface area (Å²) in [6, 6.07) is 2.14. The van der Waals surface area contributed by atoms with Crippen LogP contribution in [-0.2, 0) is 18.3 Å². The maximum Gasteiger partial charge on any atom is 0.229 e. The number of nitrogens with one attached hydrogen (secondary N) is 1. The van der Waals surface area contributed by atoms with Crippen LogP contribution in [0.1, 0.15) is 47.2 Å². The van der Waals surface area contributed by atoms with Crippen LogP contribution in [-0.4, -0.2) is 37.3 Å². The van der Waals surface area contributed by atoms with Crippen LogP contribution in [0, 0.1) is 20.8 Å². The average Bonchev–Trinajstić information content (AvgIpc) is 3.11. The molecule has 1 aliphatic heterocycles. The first-order valence-corrected chi connectivity index (χ1v) is 7.78. The smallest absolute Gasteiger partial charge is 0.229 e. The fraction of sp³-hybridized carbons (Fsp3) is 0.562. The quantitative estimate of drug-likeness (QED) is 0.942. The van der Waals surface area contributed by atoms with Crippen molar-refractivity contribution in [2.75, 3.05) is 6.54 Å². The van der Waals surface area contributed by atoms with Crippen LogP contribution in [0.25, 0.3) is 0 Å². The Bertz CT molecular complexity index is 680. The van der Waals surface area contributed by atoms with Crippen molar-refractivity contribution in [2.24, 2.45) is 7.05 Å². The lowest BCUT2D eigenvalue weighted by molar-refractivity contribution is -0.131. The SMILES string of the molecule is Cc1cc(CC(=O)N2CCCC2c2c(C)n[nH]c2C)n(C)n1. The Kier molecular flexibility index (Phi) is 3.76. The first-order chi connectivity index (χ1) is 10.5. The molecule has 0 bridgehead atoms. The van der Waals surface area contributed by atoms with Crippen LogP contribution in [0.3, 0.4) is 0 Å². The van der Waals surface area contributed by atoms with Crippen molar-refractivity contribution in [2.45, 2.75) is 46.1 Å². The fourth-order valence-electron chi connectivity index (χ4n) is 3.50. The Labute approximate surface area is 130 Å². The highest BCUT2D eigenvalue weighted by Gasteiger charge is 2.33. The van der Waals surface area contributed by atoms with Gasteiger partial charge < -0.3 is 4.90 Å². The third kappa shape index (κ3) is 2.53. The first-order valence-electron chi connectivity index (χ1n) is 7.78. The first kappa shape index (κ1) is 14.8. The number of aryl methyl sites for hydroxylation is 4. The van der Waals surface area contributed by atoms with Gasteiger partial charge in [0.25, 0.3) is 0 Å². The Hall–Kier alpha value is -2.11. The van der Waals surface area contributed by atoms with Gasteiger partial charge in [0.1, 0.15) is 0 Å². The van der Waals surface area contributed by atoms with Crippen molar-refractivity contribution in [3.8, 4) is 0 Å². The summed E-state index contributed by atoms with van der Waals surface area (Å²) in [5.41, 5.74) is 5.17. The number of aromatic amines is 1. The van der Waals surface area contributed by atoms with Crippen LogP contribution in [0.15, 0.2) is 6.07 Å². The van der Waals surface area contributed by atoms with Crippen molar-refractivity contribution in [3.63, 3.8) is 0 Å². The Morgan fingerprint density at radius 3 is 2.77 bits per heavy atom. The molecule has 0 saturated carbocycles. The molecular weight excluding hydrogens is 278 g/mol. The molecule has 118 valence electrons. The molecule has 3 heterocycles. The lowest BCUT2D eigenvalue weighted by atomic mass is 10.0. The number of rotatable bonds is 3. The second-order valence-corrected chi connectivity index (χ2v) is 6.17. The van der Waals surface area contributed by atoms with E-state index < -0.39 is 0 Å². The van der Waals surface area contributed by atoms with Crippen molar-refractivity contribution in [1.29, 1.82) is 0 Å². The molecule has 3 rings (SSSR count). The molecule has 6 nitrogen and oxygen atoms in total. The standard InChI is InChI=1S/C16H23N5O/c1-10-8-13(20(4)19-10)9-15(22)21-7-5-6-14(21)16-11(2)17-18-12(16)3/h8,14H,5-7,9H2,1-4H3,(H,17,18). The Morgan fingerprint density at radius 1 is 1.41 bits per heavy atom. The molecule has 6 heteroatoms. The highest BCUT2D eigenvalue weighted by Crippen LogP contribution is 2.35. The van der Waals surface area contributed by atoms with Crippen molar-refractivity contribution < 1.29 is 4.79 Å². The van der Waals surface area contributed by atoms with Gasteiger partial charge in [-0.2, -0.15) is 10.2 Å². The minimum Gasteiger partial charge on any atom is -0.335 e. The van der Waals surface area contributed by atoms with Gasteiger partial charge in [0, 0.05) is 30.5 Å². The van der Waals surface area contributed by atoms with E-state index in [4.69, 9.17) is 0 Å². The van der Waals surface area contributed by atoms with Crippen LogP contribution >= 0.6 is 0 Å². The van der Waals surface area contributed by atoms with Gasteiger partial charge >= 0.3 is 0 Å². The van der Waals surface area contributed by atoms with Crippen LogP contribution in [0.4, 0.5) is 0 Å². The van der Waals surface area contributed by atoms with E-state index in [1.54, 1.807) is 4.68 Å². The minimum atomic E-state index is 0.153. The molecule has 0 spiro atoms. The van der Waals surface area contributed by atoms with Crippen LogP contribution in [0.5, 0.6) is 0 Å². The van der Waals surface area contributed by atoms with Gasteiger partial charge in [0.15, 0.2) is 0 Å². The van der Waals surface area contributed by atoms with Crippen LogP contribution in [0.2, 0.25) is 0 Å². The van der Waals surface area contributed by atoms with Gasteiger partial charge in [-0.3, -0.25) is 14.6 Å². The fourth-order valence-corrected chi connectivity index (χ4v) is 3.50. The Balaban J connectivity index is 1.81. The molecule has 1 aliphatic rings. The summed E-state index contributed by atoms with van der Waals surface area (Å²) in [6.07, 6.45) is 2.46. The average molecular weight is 301 g/mol. The third-order valence-corrected chi connectivity index (χ3v) is 4.52. The predicted octanol–water partition coefficient (Wildman–Crippen LogP) is 1.97. The van der Waals surface area contributed by atoms with E-state index in [0.29, 0.717) is 6.42 Å². The van der Waals surface area contributed by atoms with Crippen LogP contribution < -0.4 is 0 Å². The number of hydrogen-bond acceptors (Lipinski definition) is 3. The molecule has 0 aliphatic carbocycles. The summed E-state index contributed by atoms with van der Waals surface area (Å²) < 4.78 is 1.80. The second kappa shape index (κ2) is 5.59. The maximum absolute atomic E-state index is 12.8. The number of nitrogens with zero attached hydrogens (tertiary/aromatic N) is 4. The zero-order chi connectivity index (χ0) is 15.9. The van der Waals surface area contributed by atoms with E-state index in [-0.39, 0.29) is 11.9 Å². The normalized spacial score (nSPS) is 18.2. The molecular formula is C16H23N5O. The number of H-pyrrole nitrogens is 1. The summed E-state index contributed by atoms with van der Waals surface area (Å²) in [7, 11) is 1.89. The van der Waals surface area contributed by atoms with E-state index in [1.807, 2.05) is 38.8 Å². The molecule has 0 aromatic carbocycles. The topological polar surface area (TPSA) is 66.8 Å². The highest BCUT2D eigenvalue weighted by atomic mass is 16.2. The van der Waals surface area contributed by atoms with Crippen molar-refractivity contribution in [1.82, 2.24) is 24.9 Å². The largest absolute Gasteiger partial charge is 0.335 e. The monoisotopic (exact) mass is 301 g/mol. The number of carbonyl (C=O) groups is 1. The van der Waals surface area contributed by atoms with Crippen molar-refractivity contribution in [3.05, 3.63) is 34.4 Å². The number of hydrogen-bond donors (Lipinski definition) is 1. The Morgan fingerprint density at radius 2 is 2.18 bits per heavy atom. The van der Waals surface area contributed by atoms with E-state index in [1.165, 1.54) is 5.56 Å². The molecule has 22 heavy (non-hydrogen) atoms. The third-order valence-electron chi connectivity index (χ3n) is 4.52. The zero-order valence-corrected chi connectivity index (χ0v) is 13.7. The lowest BCUT2D eigenvalue weighted by Gasteiger charge is -2.25. The van der Waals surface area contributed by atoms with Crippen molar-refractivity contribution >= 4 is 5.91 Å². The summed E-state index contributed by atoms with van der Waals surface area (Å²) in [5.74, 6) is 0.172. The maximum atomic E-state index is 12.8. The number of carbonyl (C=O) groups excluding carboxylic acids is 1. The van der Waals surface area contributed by atoms with E-state index >= 15 is 0 Å². The summed E-state index contributed by atoms with van der Waals surface area (Å²) in [4.78, 5) is 14.8. The molecule has 1 unspecified atom stereocenters. The van der Waals surface area contributed by atoms with E-state index in [0.717, 1.165) is 42.2 Å². The molecule has 1 amide bonds. The highest BCUT2D eigenvalue weighted by molar-refractivity contribution is 5.79. The number of likely N-dealkylation sites (tertiary alicyclic amines) is 1. The number of aromatic nitrogens is 4. The minimum absolute atomic E-state index is 0.153. The zero-order valence-electron chi connectivity index (χ0n) is 13.7. The lowest BCUT2D eigenvalue weighted by Crippen LogP contribution is -2.32. The van der Waals surface area contributed by atoms with Gasteiger partial charge in [-0.1, -0.05) is 0 Å². The predicted molar refractivity (Wildman–Crippen MR) is 83.4 cm³/mol. The molecule has 2 aromatic heterocycles. The van der Waals surface area contributed by atoms with E-state index in [2.05, 4.69) is 15.3 Å². The van der Waals surface area contributed by atoms with Gasteiger partial charge in [0.2, 0.25) is 5.91 Å². The van der Waals surface area contributed by atoms with Gasteiger partial charge in [0.05, 0.1) is 23.9 Å². The second-order valence-electron chi connectivity index (χ2n) is 6.17.